The summed E-state index contributed by atoms with van der Waals surface area (Å²) in [7, 11) is 0. The van der Waals surface area contributed by atoms with Crippen LogP contribution in [0, 0.1) is 6.92 Å². The van der Waals surface area contributed by atoms with Crippen molar-refractivity contribution in [2.75, 3.05) is 11.9 Å². The first-order valence-corrected chi connectivity index (χ1v) is 12.0. The predicted molar refractivity (Wildman–Crippen MR) is 128 cm³/mol. The number of hydrogen-bond donors (Lipinski definition) is 1. The number of nitrogens with one attached hydrogen (secondary N) is 1. The lowest BCUT2D eigenvalue weighted by atomic mass is 10.1. The highest BCUT2D eigenvalue weighted by Gasteiger charge is 2.24. The quantitative estimate of drug-likeness (QED) is 0.373. The van der Waals surface area contributed by atoms with E-state index in [2.05, 4.69) is 44.7 Å². The number of pyridine rings is 1. The molecule has 4 heterocycles. The molecule has 0 bridgehead atoms. The zero-order valence-electron chi connectivity index (χ0n) is 17.8. The van der Waals surface area contributed by atoms with Crippen molar-refractivity contribution in [1.82, 2.24) is 19.9 Å². The van der Waals surface area contributed by atoms with Crippen molar-refractivity contribution in [2.24, 2.45) is 0 Å². The number of hydrogen-bond acceptors (Lipinski definition) is 7. The summed E-state index contributed by atoms with van der Waals surface area (Å²) in [5.41, 5.74) is 2.00. The van der Waals surface area contributed by atoms with Crippen molar-refractivity contribution in [2.45, 2.75) is 39.8 Å². The summed E-state index contributed by atoms with van der Waals surface area (Å²) in [6.45, 7) is 7.33. The number of anilines is 1. The molecule has 0 spiro atoms. The SMILES string of the molecule is CCC(Nc1ncnc2sc(C(=O)N(CC)Cc3ccncc3)c(C)c12)c1cccs1. The summed E-state index contributed by atoms with van der Waals surface area (Å²) >= 11 is 3.17. The maximum Gasteiger partial charge on any atom is 0.264 e. The monoisotopic (exact) mass is 451 g/mol. The molecule has 31 heavy (non-hydrogen) atoms. The maximum absolute atomic E-state index is 13.4. The summed E-state index contributed by atoms with van der Waals surface area (Å²) in [6.07, 6.45) is 6.02. The van der Waals surface area contributed by atoms with E-state index in [-0.39, 0.29) is 11.9 Å². The second kappa shape index (κ2) is 9.53. The minimum absolute atomic E-state index is 0.0241. The van der Waals surface area contributed by atoms with Crippen LogP contribution < -0.4 is 5.32 Å². The van der Waals surface area contributed by atoms with Crippen LogP contribution in [0.2, 0.25) is 0 Å². The Balaban J connectivity index is 1.66. The van der Waals surface area contributed by atoms with Gasteiger partial charge in [-0.1, -0.05) is 13.0 Å². The first-order valence-electron chi connectivity index (χ1n) is 10.3. The largest absolute Gasteiger partial charge is 0.362 e. The Kier molecular flexibility index (Phi) is 6.58. The van der Waals surface area contributed by atoms with Crippen LogP contribution in [0.4, 0.5) is 5.82 Å². The van der Waals surface area contributed by atoms with Gasteiger partial charge in [0.1, 0.15) is 17.0 Å². The van der Waals surface area contributed by atoms with Crippen LogP contribution >= 0.6 is 22.7 Å². The van der Waals surface area contributed by atoms with Crippen molar-refractivity contribution < 1.29 is 4.79 Å². The van der Waals surface area contributed by atoms with Crippen LogP contribution in [0.3, 0.4) is 0 Å². The Bertz CT molecular complexity index is 1160. The number of rotatable bonds is 8. The van der Waals surface area contributed by atoms with Crippen LogP contribution in [0.5, 0.6) is 0 Å². The molecule has 0 aliphatic rings. The van der Waals surface area contributed by atoms with Crippen LogP contribution in [0.1, 0.15) is 52.0 Å². The number of fused-ring (bicyclic) bond motifs is 1. The molecule has 8 heteroatoms. The highest BCUT2D eigenvalue weighted by atomic mass is 32.1. The summed E-state index contributed by atoms with van der Waals surface area (Å²) < 4.78 is 0. The standard InChI is InChI=1S/C23H25N5OS2/c1-4-17(18-7-6-12-30-18)27-21-19-15(3)20(31-22(19)26-14-25-21)23(29)28(5-2)13-16-8-10-24-11-9-16/h6-12,14,17H,4-5,13H2,1-3H3,(H,25,26,27). The number of aryl methyl sites for hydroxylation is 1. The molecule has 0 radical (unpaired) electrons. The fourth-order valence-electron chi connectivity index (χ4n) is 3.59. The van der Waals surface area contributed by atoms with Gasteiger partial charge in [0, 0.05) is 30.4 Å². The van der Waals surface area contributed by atoms with Gasteiger partial charge in [-0.2, -0.15) is 0 Å². The first kappa shape index (κ1) is 21.4. The normalized spacial score (nSPS) is 12.1. The molecule has 0 saturated carbocycles. The Morgan fingerprint density at radius 3 is 2.68 bits per heavy atom. The first-order chi connectivity index (χ1) is 15.1. The van der Waals surface area contributed by atoms with Crippen LogP contribution in [-0.4, -0.2) is 32.3 Å². The van der Waals surface area contributed by atoms with E-state index in [4.69, 9.17) is 0 Å². The Morgan fingerprint density at radius 2 is 2.00 bits per heavy atom. The zero-order valence-corrected chi connectivity index (χ0v) is 19.5. The molecule has 4 aromatic rings. The van der Waals surface area contributed by atoms with Crippen molar-refractivity contribution in [3.8, 4) is 0 Å². The molecule has 0 fully saturated rings. The molecule has 1 amide bonds. The number of carbonyl (C=O) groups excluding carboxylic acids is 1. The van der Waals surface area contributed by atoms with Crippen LogP contribution in [0.25, 0.3) is 10.2 Å². The van der Waals surface area contributed by atoms with E-state index in [1.165, 1.54) is 16.2 Å². The van der Waals surface area contributed by atoms with Crippen molar-refractivity contribution in [3.63, 3.8) is 0 Å². The number of amides is 1. The highest BCUT2D eigenvalue weighted by molar-refractivity contribution is 7.20. The molecule has 1 N–H and O–H groups in total. The Morgan fingerprint density at radius 1 is 1.19 bits per heavy atom. The molecule has 160 valence electrons. The molecular formula is C23H25N5OS2. The van der Waals surface area contributed by atoms with E-state index >= 15 is 0 Å². The summed E-state index contributed by atoms with van der Waals surface area (Å²) in [6, 6.07) is 8.26. The molecular weight excluding hydrogens is 426 g/mol. The van der Waals surface area contributed by atoms with E-state index in [0.29, 0.717) is 13.1 Å². The van der Waals surface area contributed by atoms with E-state index in [0.717, 1.165) is 38.5 Å². The third kappa shape index (κ3) is 4.45. The van der Waals surface area contributed by atoms with Gasteiger partial charge < -0.3 is 10.2 Å². The second-order valence-corrected chi connectivity index (χ2v) is 9.23. The van der Waals surface area contributed by atoms with Gasteiger partial charge in [0.2, 0.25) is 0 Å². The van der Waals surface area contributed by atoms with Gasteiger partial charge in [-0.25, -0.2) is 9.97 Å². The third-order valence-electron chi connectivity index (χ3n) is 5.32. The number of aromatic nitrogens is 3. The molecule has 1 atom stereocenters. The lowest BCUT2D eigenvalue weighted by molar-refractivity contribution is 0.0757. The molecule has 4 rings (SSSR count). The highest BCUT2D eigenvalue weighted by Crippen LogP contribution is 2.36. The summed E-state index contributed by atoms with van der Waals surface area (Å²) in [5.74, 6) is 0.811. The fourth-order valence-corrected chi connectivity index (χ4v) is 5.57. The van der Waals surface area contributed by atoms with Gasteiger partial charge in [0.15, 0.2) is 0 Å². The van der Waals surface area contributed by atoms with Gasteiger partial charge in [0.25, 0.3) is 5.91 Å². The lowest BCUT2D eigenvalue weighted by Crippen LogP contribution is -2.30. The second-order valence-electron chi connectivity index (χ2n) is 7.25. The average Bonchev–Trinajstić information content (AvgIpc) is 3.45. The lowest BCUT2D eigenvalue weighted by Gasteiger charge is -2.20. The van der Waals surface area contributed by atoms with Gasteiger partial charge in [-0.05, 0) is 55.0 Å². The van der Waals surface area contributed by atoms with Gasteiger partial charge >= 0.3 is 0 Å². The zero-order chi connectivity index (χ0) is 21.8. The molecule has 6 nitrogen and oxygen atoms in total. The minimum atomic E-state index is 0.0241. The maximum atomic E-state index is 13.4. The van der Waals surface area contributed by atoms with E-state index in [1.807, 2.05) is 30.9 Å². The Labute approximate surface area is 190 Å². The minimum Gasteiger partial charge on any atom is -0.362 e. The number of thiophene rings is 2. The van der Waals surface area contributed by atoms with Crippen molar-refractivity contribution >= 4 is 44.6 Å². The topological polar surface area (TPSA) is 71.0 Å². The number of nitrogens with zero attached hydrogens (tertiary/aromatic N) is 4. The van der Waals surface area contributed by atoms with Gasteiger partial charge in [-0.15, -0.1) is 22.7 Å². The van der Waals surface area contributed by atoms with Gasteiger partial charge in [0.05, 0.1) is 16.3 Å². The fraction of sp³-hybridized carbons (Fsp3) is 0.304. The molecule has 0 aromatic carbocycles. The van der Waals surface area contributed by atoms with Crippen LogP contribution in [-0.2, 0) is 6.54 Å². The average molecular weight is 452 g/mol. The van der Waals surface area contributed by atoms with Crippen molar-refractivity contribution in [1.29, 1.82) is 0 Å². The number of carbonyl (C=O) groups is 1. The van der Waals surface area contributed by atoms with Crippen molar-refractivity contribution in [3.05, 3.63) is 69.2 Å². The van der Waals surface area contributed by atoms with Gasteiger partial charge in [-0.3, -0.25) is 9.78 Å². The third-order valence-corrected chi connectivity index (χ3v) is 7.49. The molecule has 0 aliphatic carbocycles. The molecule has 4 aromatic heterocycles. The van der Waals surface area contributed by atoms with E-state index in [1.54, 1.807) is 30.1 Å². The smallest absolute Gasteiger partial charge is 0.264 e. The van der Waals surface area contributed by atoms with E-state index in [9.17, 15) is 4.79 Å². The summed E-state index contributed by atoms with van der Waals surface area (Å²) in [4.78, 5) is 31.1. The summed E-state index contributed by atoms with van der Waals surface area (Å²) in [5, 5.41) is 6.61. The predicted octanol–water partition coefficient (Wildman–Crippen LogP) is 5.68. The van der Waals surface area contributed by atoms with E-state index < -0.39 is 0 Å². The molecule has 0 saturated heterocycles. The van der Waals surface area contributed by atoms with Crippen LogP contribution in [0.15, 0.2) is 48.4 Å². The molecule has 1 unspecified atom stereocenters. The molecule has 0 aliphatic heterocycles. The Hall–Kier alpha value is -2.84.